The monoisotopic (exact) mass is 304 g/mol. The van der Waals surface area contributed by atoms with Gasteiger partial charge in [0.2, 0.25) is 11.8 Å². The highest BCUT2D eigenvalue weighted by molar-refractivity contribution is 5.94. The maximum atomic E-state index is 11.9. The molecule has 6 heteroatoms. The lowest BCUT2D eigenvalue weighted by atomic mass is 10.0. The number of carbonyl (C=O) groups excluding carboxylic acids is 2. The van der Waals surface area contributed by atoms with Crippen LogP contribution >= 0.6 is 0 Å². The molecule has 1 atom stereocenters. The van der Waals surface area contributed by atoms with Crippen LogP contribution in [-0.4, -0.2) is 22.9 Å². The average Bonchev–Trinajstić information content (AvgIpc) is 2.57. The Morgan fingerprint density at radius 3 is 2.82 bits per heavy atom. The smallest absolute Gasteiger partial charge is 0.303 e. The molecule has 2 rings (SSSR count). The van der Waals surface area contributed by atoms with E-state index in [1.807, 2.05) is 6.07 Å². The summed E-state index contributed by atoms with van der Waals surface area (Å²) in [5, 5.41) is 14.3. The highest BCUT2D eigenvalue weighted by Gasteiger charge is 2.15. The normalized spacial score (nSPS) is 15.2. The number of benzene rings is 1. The minimum atomic E-state index is -0.902. The number of anilines is 2. The Kier molecular flexibility index (Phi) is 5.14. The van der Waals surface area contributed by atoms with Crippen LogP contribution in [0.2, 0.25) is 0 Å². The molecular weight excluding hydrogens is 284 g/mol. The molecule has 1 aromatic carbocycles. The van der Waals surface area contributed by atoms with E-state index in [9.17, 15) is 14.4 Å². The molecule has 1 aliphatic heterocycles. The van der Waals surface area contributed by atoms with E-state index in [2.05, 4.69) is 10.6 Å². The first-order valence-corrected chi connectivity index (χ1v) is 7.38. The van der Waals surface area contributed by atoms with Crippen molar-refractivity contribution < 1.29 is 19.5 Å². The number of nitrogens with one attached hydrogen (secondary N) is 2. The average molecular weight is 304 g/mol. The van der Waals surface area contributed by atoms with Crippen LogP contribution in [0, 0.1) is 5.92 Å². The highest BCUT2D eigenvalue weighted by atomic mass is 16.4. The highest BCUT2D eigenvalue weighted by Crippen LogP contribution is 2.25. The third-order valence-electron chi connectivity index (χ3n) is 3.57. The molecule has 118 valence electrons. The lowest BCUT2D eigenvalue weighted by molar-refractivity contribution is -0.138. The van der Waals surface area contributed by atoms with Gasteiger partial charge >= 0.3 is 5.97 Å². The third kappa shape index (κ3) is 4.58. The topological polar surface area (TPSA) is 95.5 Å². The molecule has 1 aliphatic rings. The summed E-state index contributed by atoms with van der Waals surface area (Å²) in [7, 11) is 0. The number of aliphatic carboxylic acids is 1. The van der Waals surface area contributed by atoms with Gasteiger partial charge in [-0.2, -0.15) is 0 Å². The van der Waals surface area contributed by atoms with E-state index in [0.29, 0.717) is 12.1 Å². The van der Waals surface area contributed by atoms with Gasteiger partial charge in [0.05, 0.1) is 0 Å². The number of carboxylic acid groups (broad SMARTS) is 1. The van der Waals surface area contributed by atoms with Crippen LogP contribution in [-0.2, 0) is 20.8 Å². The van der Waals surface area contributed by atoms with Crippen molar-refractivity contribution in [2.45, 2.75) is 39.0 Å². The molecule has 22 heavy (non-hydrogen) atoms. The summed E-state index contributed by atoms with van der Waals surface area (Å²) < 4.78 is 0. The number of aryl methyl sites for hydroxylation is 1. The Labute approximate surface area is 128 Å². The van der Waals surface area contributed by atoms with Crippen LogP contribution in [0.1, 0.15) is 38.2 Å². The maximum absolute atomic E-state index is 11.9. The van der Waals surface area contributed by atoms with Gasteiger partial charge in [-0.25, -0.2) is 0 Å². The Morgan fingerprint density at radius 1 is 1.32 bits per heavy atom. The van der Waals surface area contributed by atoms with Gasteiger partial charge in [0.25, 0.3) is 0 Å². The number of carboxylic acids is 1. The van der Waals surface area contributed by atoms with E-state index < -0.39 is 5.97 Å². The molecule has 0 aliphatic carbocycles. The predicted molar refractivity (Wildman–Crippen MR) is 82.7 cm³/mol. The molecule has 0 spiro atoms. The standard InChI is InChI=1S/C16H20N2O4/c1-10(8-16(21)22)7-15(20)17-12-5-6-13-11(9-12)3-2-4-14(19)18-13/h5-6,9-10H,2-4,7-8H2,1H3,(H,17,20)(H,18,19)(H,21,22)/t10-/m0/s1. The van der Waals surface area contributed by atoms with Gasteiger partial charge in [-0.15, -0.1) is 0 Å². The van der Waals surface area contributed by atoms with Gasteiger partial charge in [0.1, 0.15) is 0 Å². The van der Waals surface area contributed by atoms with E-state index in [1.54, 1.807) is 19.1 Å². The van der Waals surface area contributed by atoms with Gasteiger partial charge in [-0.05, 0) is 42.5 Å². The van der Waals surface area contributed by atoms with E-state index in [-0.39, 0.29) is 30.6 Å². The second kappa shape index (κ2) is 7.06. The van der Waals surface area contributed by atoms with Crippen molar-refractivity contribution in [2.75, 3.05) is 10.6 Å². The summed E-state index contributed by atoms with van der Waals surface area (Å²) in [6.45, 7) is 1.74. The number of amides is 2. The minimum Gasteiger partial charge on any atom is -0.481 e. The van der Waals surface area contributed by atoms with Crippen molar-refractivity contribution >= 4 is 29.2 Å². The summed E-state index contributed by atoms with van der Waals surface area (Å²) in [4.78, 5) is 34.0. The molecule has 1 aromatic rings. The van der Waals surface area contributed by atoms with Crippen molar-refractivity contribution in [2.24, 2.45) is 5.92 Å². The third-order valence-corrected chi connectivity index (χ3v) is 3.57. The molecule has 3 N–H and O–H groups in total. The fourth-order valence-electron chi connectivity index (χ4n) is 2.55. The molecule has 2 amide bonds. The van der Waals surface area contributed by atoms with Gasteiger partial charge in [-0.3, -0.25) is 14.4 Å². The van der Waals surface area contributed by atoms with Crippen LogP contribution < -0.4 is 10.6 Å². The predicted octanol–water partition coefficient (Wildman–Crippen LogP) is 2.40. The van der Waals surface area contributed by atoms with Crippen LogP contribution in [0.25, 0.3) is 0 Å². The summed E-state index contributed by atoms with van der Waals surface area (Å²) in [6, 6.07) is 5.39. The zero-order valence-electron chi connectivity index (χ0n) is 12.5. The van der Waals surface area contributed by atoms with Gasteiger partial charge in [-0.1, -0.05) is 6.92 Å². The van der Waals surface area contributed by atoms with Crippen LogP contribution in [0.15, 0.2) is 18.2 Å². The van der Waals surface area contributed by atoms with E-state index in [4.69, 9.17) is 5.11 Å². The quantitative estimate of drug-likeness (QED) is 0.778. The first-order valence-electron chi connectivity index (χ1n) is 7.38. The SMILES string of the molecule is C[C@H](CC(=O)O)CC(=O)Nc1ccc2c(c1)CCCC(=O)N2. The lowest BCUT2D eigenvalue weighted by Gasteiger charge is -2.12. The molecular formula is C16H20N2O4. The molecule has 0 unspecified atom stereocenters. The minimum absolute atomic E-state index is 0.0121. The van der Waals surface area contributed by atoms with Gasteiger partial charge in [0.15, 0.2) is 0 Å². The maximum Gasteiger partial charge on any atom is 0.303 e. The molecule has 0 aromatic heterocycles. The van der Waals surface area contributed by atoms with Crippen molar-refractivity contribution in [3.63, 3.8) is 0 Å². The second-order valence-electron chi connectivity index (χ2n) is 5.73. The number of rotatable bonds is 5. The first-order chi connectivity index (χ1) is 10.4. The zero-order valence-corrected chi connectivity index (χ0v) is 12.5. The molecule has 0 saturated carbocycles. The van der Waals surface area contributed by atoms with E-state index >= 15 is 0 Å². The Bertz CT molecular complexity index is 598. The van der Waals surface area contributed by atoms with Crippen LogP contribution in [0.3, 0.4) is 0 Å². The molecule has 1 heterocycles. The van der Waals surface area contributed by atoms with Gasteiger partial charge in [0, 0.05) is 30.6 Å². The molecule has 0 bridgehead atoms. The Hall–Kier alpha value is -2.37. The van der Waals surface area contributed by atoms with Crippen molar-refractivity contribution in [3.05, 3.63) is 23.8 Å². The Balaban J connectivity index is 1.99. The van der Waals surface area contributed by atoms with E-state index in [0.717, 1.165) is 24.1 Å². The fourth-order valence-corrected chi connectivity index (χ4v) is 2.55. The summed E-state index contributed by atoms with van der Waals surface area (Å²) in [5.74, 6) is -1.30. The van der Waals surface area contributed by atoms with Crippen molar-refractivity contribution in [1.29, 1.82) is 0 Å². The second-order valence-corrected chi connectivity index (χ2v) is 5.73. The fraction of sp³-hybridized carbons (Fsp3) is 0.438. The Morgan fingerprint density at radius 2 is 2.09 bits per heavy atom. The lowest BCUT2D eigenvalue weighted by Crippen LogP contribution is -2.17. The summed E-state index contributed by atoms with van der Waals surface area (Å²) in [6.07, 6.45) is 2.21. The zero-order chi connectivity index (χ0) is 16.1. The number of hydrogen-bond acceptors (Lipinski definition) is 3. The summed E-state index contributed by atoms with van der Waals surface area (Å²) >= 11 is 0. The number of fused-ring (bicyclic) bond motifs is 1. The first kappa shape index (κ1) is 16.0. The van der Waals surface area contributed by atoms with Crippen molar-refractivity contribution in [3.8, 4) is 0 Å². The van der Waals surface area contributed by atoms with Crippen LogP contribution in [0.5, 0.6) is 0 Å². The molecule has 0 fully saturated rings. The molecule has 6 nitrogen and oxygen atoms in total. The molecule has 0 radical (unpaired) electrons. The van der Waals surface area contributed by atoms with Gasteiger partial charge < -0.3 is 15.7 Å². The molecule has 0 saturated heterocycles. The number of carbonyl (C=O) groups is 3. The van der Waals surface area contributed by atoms with Crippen molar-refractivity contribution in [1.82, 2.24) is 0 Å². The summed E-state index contributed by atoms with van der Waals surface area (Å²) in [5.41, 5.74) is 2.46. The van der Waals surface area contributed by atoms with E-state index in [1.165, 1.54) is 0 Å². The number of hydrogen-bond donors (Lipinski definition) is 3. The van der Waals surface area contributed by atoms with Crippen LogP contribution in [0.4, 0.5) is 11.4 Å². The largest absolute Gasteiger partial charge is 0.481 e.